The van der Waals surface area contributed by atoms with Crippen molar-refractivity contribution in [2.75, 3.05) is 13.4 Å². The molecule has 0 aliphatic carbocycles. The van der Waals surface area contributed by atoms with E-state index in [2.05, 4.69) is 9.72 Å². The molecule has 72 valence electrons. The third-order valence-electron chi connectivity index (χ3n) is 1.49. The van der Waals surface area contributed by atoms with Gasteiger partial charge in [0.25, 0.3) is 0 Å². The Bertz CT molecular complexity index is 309. The first-order valence-corrected chi connectivity index (χ1v) is 5.93. The van der Waals surface area contributed by atoms with Gasteiger partial charge in [-0.05, 0) is 13.2 Å². The zero-order valence-corrected chi connectivity index (χ0v) is 9.42. The molecule has 1 aromatic heterocycles. The van der Waals surface area contributed by atoms with Crippen molar-refractivity contribution in [3.8, 4) is 0 Å². The second-order valence-electron chi connectivity index (χ2n) is 2.44. The van der Waals surface area contributed by atoms with E-state index in [1.165, 1.54) is 7.11 Å². The number of carbonyl (C=O) groups excluding carboxylic acids is 1. The molecule has 0 spiro atoms. The number of hydrogen-bond acceptors (Lipinski definition) is 5. The summed E-state index contributed by atoms with van der Waals surface area (Å²) in [7, 11) is 1.37. The van der Waals surface area contributed by atoms with Crippen LogP contribution in [0.4, 0.5) is 0 Å². The number of methoxy groups -OCH3 is 1. The third-order valence-corrected chi connectivity index (χ3v) is 3.20. The van der Waals surface area contributed by atoms with Crippen LogP contribution in [0.15, 0.2) is 0 Å². The van der Waals surface area contributed by atoms with Crippen LogP contribution in [0.3, 0.4) is 0 Å². The van der Waals surface area contributed by atoms with Crippen molar-refractivity contribution in [1.82, 2.24) is 4.98 Å². The lowest BCUT2D eigenvalue weighted by Gasteiger charge is -1.93. The quantitative estimate of drug-likeness (QED) is 0.727. The molecule has 0 N–H and O–H groups in total. The zero-order chi connectivity index (χ0) is 9.84. The van der Waals surface area contributed by atoms with Gasteiger partial charge < -0.3 is 4.74 Å². The highest BCUT2D eigenvalue weighted by Gasteiger charge is 2.14. The summed E-state index contributed by atoms with van der Waals surface area (Å²) in [6.07, 6.45) is 2.01. The molecule has 1 heterocycles. The van der Waals surface area contributed by atoms with Crippen LogP contribution < -0.4 is 0 Å². The van der Waals surface area contributed by atoms with E-state index < -0.39 is 0 Å². The summed E-state index contributed by atoms with van der Waals surface area (Å²) in [6, 6.07) is 0. The van der Waals surface area contributed by atoms with E-state index in [0.717, 1.165) is 15.6 Å². The lowest BCUT2D eigenvalue weighted by molar-refractivity contribution is 0.0594. The van der Waals surface area contributed by atoms with Crippen molar-refractivity contribution in [3.63, 3.8) is 0 Å². The lowest BCUT2D eigenvalue weighted by Crippen LogP contribution is -2.03. The number of thioether (sulfide) groups is 1. The zero-order valence-electron chi connectivity index (χ0n) is 7.79. The summed E-state index contributed by atoms with van der Waals surface area (Å²) in [4.78, 5) is 16.3. The summed E-state index contributed by atoms with van der Waals surface area (Å²) >= 11 is 3.24. The highest BCUT2D eigenvalue weighted by molar-refractivity contribution is 7.97. The maximum absolute atomic E-state index is 11.2. The fraction of sp³-hybridized carbons (Fsp3) is 0.500. The van der Waals surface area contributed by atoms with E-state index in [-0.39, 0.29) is 5.97 Å². The molecular weight excluding hydrogens is 206 g/mol. The van der Waals surface area contributed by atoms with Crippen LogP contribution in [0, 0.1) is 6.92 Å². The molecule has 13 heavy (non-hydrogen) atoms. The molecule has 3 nitrogen and oxygen atoms in total. The van der Waals surface area contributed by atoms with Gasteiger partial charge in [0, 0.05) is 10.6 Å². The minimum absolute atomic E-state index is 0.346. The number of nitrogens with zero attached hydrogens (tertiary/aromatic N) is 1. The summed E-state index contributed by atoms with van der Waals surface area (Å²) < 4.78 is 4.61. The van der Waals surface area contributed by atoms with Crippen molar-refractivity contribution >= 4 is 29.1 Å². The summed E-state index contributed by atoms with van der Waals surface area (Å²) in [5.74, 6) is 0.504. The van der Waals surface area contributed by atoms with Crippen LogP contribution in [0.2, 0.25) is 0 Å². The Kier molecular flexibility index (Phi) is 3.74. The fourth-order valence-corrected chi connectivity index (χ4v) is 2.54. The van der Waals surface area contributed by atoms with Crippen molar-refractivity contribution < 1.29 is 9.53 Å². The van der Waals surface area contributed by atoms with Gasteiger partial charge in [-0.15, -0.1) is 11.3 Å². The molecule has 0 fully saturated rings. The average Bonchev–Trinajstić information content (AvgIpc) is 2.46. The number of carbonyl (C=O) groups is 1. The van der Waals surface area contributed by atoms with Gasteiger partial charge in [0.15, 0.2) is 5.69 Å². The molecule has 0 aliphatic rings. The molecular formula is C8H11NO2S2. The van der Waals surface area contributed by atoms with Crippen molar-refractivity contribution in [3.05, 3.63) is 15.6 Å². The Hall–Kier alpha value is -0.550. The molecule has 0 aliphatic heterocycles. The summed E-state index contributed by atoms with van der Waals surface area (Å²) in [6.45, 7) is 1.88. The van der Waals surface area contributed by atoms with Gasteiger partial charge in [-0.3, -0.25) is 0 Å². The van der Waals surface area contributed by atoms with Crippen LogP contribution in [-0.4, -0.2) is 24.3 Å². The van der Waals surface area contributed by atoms with Gasteiger partial charge in [-0.1, -0.05) is 0 Å². The number of thiazole rings is 1. The first kappa shape index (κ1) is 10.5. The number of rotatable bonds is 3. The van der Waals surface area contributed by atoms with E-state index in [4.69, 9.17) is 0 Å². The maximum Gasteiger partial charge on any atom is 0.357 e. The normalized spacial score (nSPS) is 10.1. The summed E-state index contributed by atoms with van der Waals surface area (Å²) in [5, 5.41) is 0.977. The van der Waals surface area contributed by atoms with Gasteiger partial charge in [0.05, 0.1) is 7.11 Å². The van der Waals surface area contributed by atoms with Crippen LogP contribution in [-0.2, 0) is 10.5 Å². The van der Waals surface area contributed by atoms with E-state index >= 15 is 0 Å². The lowest BCUT2D eigenvalue weighted by atomic mass is 10.4. The van der Waals surface area contributed by atoms with Crippen LogP contribution in [0.1, 0.15) is 20.4 Å². The topological polar surface area (TPSA) is 39.2 Å². The number of aromatic nitrogens is 1. The van der Waals surface area contributed by atoms with E-state index in [0.29, 0.717) is 5.69 Å². The van der Waals surface area contributed by atoms with Crippen molar-refractivity contribution in [1.29, 1.82) is 0 Å². The molecule has 1 rings (SSSR count). The van der Waals surface area contributed by atoms with E-state index in [1.807, 2.05) is 13.2 Å². The minimum atomic E-state index is -0.346. The predicted octanol–water partition coefficient (Wildman–Crippen LogP) is 2.10. The second-order valence-corrected chi connectivity index (χ2v) is 4.59. The second kappa shape index (κ2) is 4.62. The molecule has 0 radical (unpaired) electrons. The molecule has 0 saturated carbocycles. The van der Waals surface area contributed by atoms with Gasteiger partial charge in [0.1, 0.15) is 5.01 Å². The Morgan fingerprint density at radius 2 is 2.38 bits per heavy atom. The Morgan fingerprint density at radius 1 is 1.69 bits per heavy atom. The van der Waals surface area contributed by atoms with Crippen molar-refractivity contribution in [2.24, 2.45) is 0 Å². The SMILES string of the molecule is COC(=O)c1nc(CSC)sc1C. The van der Waals surface area contributed by atoms with E-state index in [1.54, 1.807) is 23.1 Å². The number of esters is 1. The third kappa shape index (κ3) is 2.45. The maximum atomic E-state index is 11.2. The van der Waals surface area contributed by atoms with Gasteiger partial charge >= 0.3 is 5.97 Å². The molecule has 1 aromatic rings. The van der Waals surface area contributed by atoms with Gasteiger partial charge in [0.2, 0.25) is 0 Å². The molecule has 0 unspecified atom stereocenters. The molecule has 0 amide bonds. The highest BCUT2D eigenvalue weighted by atomic mass is 32.2. The molecule has 0 aromatic carbocycles. The average molecular weight is 217 g/mol. The highest BCUT2D eigenvalue weighted by Crippen LogP contribution is 2.21. The predicted molar refractivity (Wildman–Crippen MR) is 55.4 cm³/mol. The largest absolute Gasteiger partial charge is 0.464 e. The fourth-order valence-electron chi connectivity index (χ4n) is 0.923. The van der Waals surface area contributed by atoms with Gasteiger partial charge in [-0.25, -0.2) is 9.78 Å². The smallest absolute Gasteiger partial charge is 0.357 e. The molecule has 0 bridgehead atoms. The van der Waals surface area contributed by atoms with Crippen LogP contribution in [0.25, 0.3) is 0 Å². The Labute approximate surface area is 85.5 Å². The van der Waals surface area contributed by atoms with E-state index in [9.17, 15) is 4.79 Å². The minimum Gasteiger partial charge on any atom is -0.464 e. The first-order valence-electron chi connectivity index (χ1n) is 3.72. The standard InChI is InChI=1S/C8H11NO2S2/c1-5-7(8(10)11-2)9-6(13-5)4-12-3/h4H2,1-3H3. The summed E-state index contributed by atoms with van der Waals surface area (Å²) in [5.41, 5.74) is 0.455. The monoisotopic (exact) mass is 217 g/mol. The molecule has 0 atom stereocenters. The number of aryl methyl sites for hydroxylation is 1. The van der Waals surface area contributed by atoms with Gasteiger partial charge in [-0.2, -0.15) is 11.8 Å². The molecule has 0 saturated heterocycles. The first-order chi connectivity index (χ1) is 6.19. The van der Waals surface area contributed by atoms with Crippen LogP contribution >= 0.6 is 23.1 Å². The molecule has 5 heteroatoms. The Morgan fingerprint density at radius 3 is 2.92 bits per heavy atom. The number of ether oxygens (including phenoxy) is 1. The van der Waals surface area contributed by atoms with Crippen molar-refractivity contribution in [2.45, 2.75) is 12.7 Å². The van der Waals surface area contributed by atoms with Crippen LogP contribution in [0.5, 0.6) is 0 Å². The Balaban J connectivity index is 2.89. The number of hydrogen-bond donors (Lipinski definition) is 0.